The van der Waals surface area contributed by atoms with Crippen LogP contribution in [0.4, 0.5) is 0 Å². The molecule has 4 heteroatoms. The molecule has 0 aliphatic rings. The highest BCUT2D eigenvalue weighted by Gasteiger charge is 2.15. The van der Waals surface area contributed by atoms with Crippen LogP contribution in [-0.4, -0.2) is 30.6 Å². The van der Waals surface area contributed by atoms with Gasteiger partial charge in [-0.2, -0.15) is 0 Å². The van der Waals surface area contributed by atoms with E-state index in [1.54, 1.807) is 12.1 Å². The average Bonchev–Trinajstić information content (AvgIpc) is 2.93. The molecule has 0 aliphatic heterocycles. The minimum absolute atomic E-state index is 0.193. The lowest BCUT2D eigenvalue weighted by molar-refractivity contribution is 0.0233. The Morgan fingerprint density at radius 1 is 1.25 bits per heavy atom. The van der Waals surface area contributed by atoms with E-state index in [2.05, 4.69) is 17.0 Å². The van der Waals surface area contributed by atoms with Crippen molar-refractivity contribution in [2.75, 3.05) is 13.6 Å². The van der Waals surface area contributed by atoms with Crippen molar-refractivity contribution in [2.24, 2.45) is 0 Å². The topological polar surface area (TPSA) is 42.7 Å². The van der Waals surface area contributed by atoms with Crippen LogP contribution in [0.2, 0.25) is 0 Å². The van der Waals surface area contributed by atoms with Gasteiger partial charge in [0.15, 0.2) is 0 Å². The molecular formula is C16H19NO3. The molecule has 2 aromatic rings. The lowest BCUT2D eigenvalue weighted by Gasteiger charge is -2.21. The van der Waals surface area contributed by atoms with Gasteiger partial charge in [-0.3, -0.25) is 4.90 Å². The first-order chi connectivity index (χ1) is 9.65. The van der Waals surface area contributed by atoms with E-state index in [0.29, 0.717) is 6.54 Å². The number of esters is 1. The van der Waals surface area contributed by atoms with Crippen molar-refractivity contribution in [3.8, 4) is 0 Å². The van der Waals surface area contributed by atoms with Crippen LogP contribution in [0.5, 0.6) is 0 Å². The van der Waals surface area contributed by atoms with E-state index < -0.39 is 5.97 Å². The summed E-state index contributed by atoms with van der Waals surface area (Å²) >= 11 is 0. The number of ether oxygens (including phenoxy) is 1. The van der Waals surface area contributed by atoms with Gasteiger partial charge < -0.3 is 9.15 Å². The predicted octanol–water partition coefficient (Wildman–Crippen LogP) is 2.96. The number of rotatable bonds is 6. The van der Waals surface area contributed by atoms with Crippen molar-refractivity contribution in [2.45, 2.75) is 19.6 Å². The minimum Gasteiger partial charge on any atom is -0.457 e. The van der Waals surface area contributed by atoms with E-state index >= 15 is 0 Å². The third-order valence-electron chi connectivity index (χ3n) is 2.89. The van der Waals surface area contributed by atoms with Gasteiger partial charge in [-0.15, -0.1) is 0 Å². The summed E-state index contributed by atoms with van der Waals surface area (Å²) < 4.78 is 10.3. The molecule has 20 heavy (non-hydrogen) atoms. The molecule has 0 bridgehead atoms. The van der Waals surface area contributed by atoms with Crippen LogP contribution in [0, 0.1) is 0 Å². The molecule has 1 atom stereocenters. The summed E-state index contributed by atoms with van der Waals surface area (Å²) in [5, 5.41) is 0. The van der Waals surface area contributed by atoms with Gasteiger partial charge in [0.1, 0.15) is 6.10 Å². The number of hydrogen-bond donors (Lipinski definition) is 0. The van der Waals surface area contributed by atoms with Gasteiger partial charge in [-0.05, 0) is 31.7 Å². The minimum atomic E-state index is -0.421. The molecule has 1 aromatic carbocycles. The Morgan fingerprint density at radius 3 is 2.65 bits per heavy atom. The molecule has 1 aromatic heterocycles. The number of benzene rings is 1. The third kappa shape index (κ3) is 4.24. The molecule has 0 saturated heterocycles. The average molecular weight is 273 g/mol. The van der Waals surface area contributed by atoms with Crippen LogP contribution in [0.1, 0.15) is 23.0 Å². The molecule has 106 valence electrons. The number of carbonyl (C=O) groups is 1. The van der Waals surface area contributed by atoms with Crippen LogP contribution in [0.25, 0.3) is 0 Å². The molecule has 0 aliphatic carbocycles. The maximum absolute atomic E-state index is 11.7. The number of hydrogen-bond acceptors (Lipinski definition) is 4. The normalized spacial score (nSPS) is 12.3. The van der Waals surface area contributed by atoms with Crippen LogP contribution in [0.15, 0.2) is 53.1 Å². The van der Waals surface area contributed by atoms with Gasteiger partial charge in [0.25, 0.3) is 0 Å². The first-order valence-electron chi connectivity index (χ1n) is 6.62. The molecule has 0 unspecified atom stereocenters. The van der Waals surface area contributed by atoms with Gasteiger partial charge in [0, 0.05) is 13.1 Å². The van der Waals surface area contributed by atoms with Gasteiger partial charge in [0.2, 0.25) is 5.76 Å². The van der Waals surface area contributed by atoms with Gasteiger partial charge in [0.05, 0.1) is 6.26 Å². The Morgan fingerprint density at radius 2 is 2.00 bits per heavy atom. The van der Waals surface area contributed by atoms with Crippen LogP contribution in [0.3, 0.4) is 0 Å². The summed E-state index contributed by atoms with van der Waals surface area (Å²) in [6, 6.07) is 13.5. The Balaban J connectivity index is 1.79. The zero-order valence-electron chi connectivity index (χ0n) is 11.8. The number of nitrogens with zero attached hydrogens (tertiary/aromatic N) is 1. The fourth-order valence-electron chi connectivity index (χ4n) is 2.07. The predicted molar refractivity (Wildman–Crippen MR) is 76.4 cm³/mol. The number of carbonyl (C=O) groups excluding carboxylic acids is 1. The second kappa shape index (κ2) is 6.91. The van der Waals surface area contributed by atoms with Gasteiger partial charge >= 0.3 is 5.97 Å². The highest BCUT2D eigenvalue weighted by Crippen LogP contribution is 2.07. The van der Waals surface area contributed by atoms with E-state index in [-0.39, 0.29) is 11.9 Å². The second-order valence-electron chi connectivity index (χ2n) is 4.88. The smallest absolute Gasteiger partial charge is 0.374 e. The summed E-state index contributed by atoms with van der Waals surface area (Å²) in [4.78, 5) is 13.8. The first-order valence-corrected chi connectivity index (χ1v) is 6.62. The van der Waals surface area contributed by atoms with E-state index in [1.807, 2.05) is 32.2 Å². The molecule has 0 saturated carbocycles. The van der Waals surface area contributed by atoms with E-state index in [4.69, 9.17) is 9.15 Å². The molecule has 0 N–H and O–H groups in total. The maximum Gasteiger partial charge on any atom is 0.374 e. The lowest BCUT2D eigenvalue weighted by atomic mass is 10.2. The summed E-state index contributed by atoms with van der Waals surface area (Å²) in [6.45, 7) is 3.37. The SMILES string of the molecule is C[C@@H](CN(C)Cc1ccccc1)OC(=O)c1ccco1. The summed E-state index contributed by atoms with van der Waals surface area (Å²) in [7, 11) is 2.00. The van der Waals surface area contributed by atoms with E-state index in [9.17, 15) is 4.79 Å². The van der Waals surface area contributed by atoms with Gasteiger partial charge in [-0.1, -0.05) is 30.3 Å². The number of furan rings is 1. The molecular weight excluding hydrogens is 254 g/mol. The fourth-order valence-corrected chi connectivity index (χ4v) is 2.07. The van der Waals surface area contributed by atoms with Gasteiger partial charge in [-0.25, -0.2) is 4.79 Å². The summed E-state index contributed by atoms with van der Waals surface area (Å²) in [6.07, 6.45) is 1.27. The second-order valence-corrected chi connectivity index (χ2v) is 4.88. The van der Waals surface area contributed by atoms with Crippen LogP contribution >= 0.6 is 0 Å². The van der Waals surface area contributed by atoms with Crippen molar-refractivity contribution in [1.29, 1.82) is 0 Å². The van der Waals surface area contributed by atoms with Crippen molar-refractivity contribution in [3.05, 3.63) is 60.1 Å². The Bertz CT molecular complexity index is 522. The molecule has 2 rings (SSSR count). The maximum atomic E-state index is 11.7. The monoisotopic (exact) mass is 273 g/mol. The van der Waals surface area contributed by atoms with E-state index in [0.717, 1.165) is 6.54 Å². The summed E-state index contributed by atoms with van der Waals surface area (Å²) in [5.41, 5.74) is 1.24. The molecule has 0 radical (unpaired) electrons. The van der Waals surface area contributed by atoms with Crippen molar-refractivity contribution in [1.82, 2.24) is 4.90 Å². The molecule has 1 heterocycles. The molecule has 0 amide bonds. The Hall–Kier alpha value is -2.07. The van der Waals surface area contributed by atoms with Crippen molar-refractivity contribution < 1.29 is 13.9 Å². The third-order valence-corrected chi connectivity index (χ3v) is 2.89. The largest absolute Gasteiger partial charge is 0.457 e. The standard InChI is InChI=1S/C16H19NO3/c1-13(20-16(18)15-9-6-10-19-15)11-17(2)12-14-7-4-3-5-8-14/h3-10,13H,11-12H2,1-2H3/t13-/m0/s1. The van der Waals surface area contributed by atoms with Crippen LogP contribution in [-0.2, 0) is 11.3 Å². The highest BCUT2D eigenvalue weighted by molar-refractivity contribution is 5.86. The van der Waals surface area contributed by atoms with Crippen LogP contribution < -0.4 is 0 Å². The quantitative estimate of drug-likeness (QED) is 0.759. The Kier molecular flexibility index (Phi) is 4.96. The van der Waals surface area contributed by atoms with Crippen molar-refractivity contribution in [3.63, 3.8) is 0 Å². The lowest BCUT2D eigenvalue weighted by Crippen LogP contribution is -2.30. The molecule has 0 fully saturated rings. The molecule has 0 spiro atoms. The molecule has 4 nitrogen and oxygen atoms in total. The fraction of sp³-hybridized carbons (Fsp3) is 0.312. The van der Waals surface area contributed by atoms with Crippen molar-refractivity contribution >= 4 is 5.97 Å². The van der Waals surface area contributed by atoms with E-state index in [1.165, 1.54) is 11.8 Å². The zero-order chi connectivity index (χ0) is 14.4. The highest BCUT2D eigenvalue weighted by atomic mass is 16.6. The summed E-state index contributed by atoms with van der Waals surface area (Å²) in [5.74, 6) is -0.182. The zero-order valence-corrected chi connectivity index (χ0v) is 11.8. The number of likely N-dealkylation sites (N-methyl/N-ethyl adjacent to an activating group) is 1. The Labute approximate surface area is 119 Å². The first kappa shape index (κ1) is 14.3.